The standard InChI is InChI=1S/C16H22ClN3O/c17-14-3-1-2-4-15(14)19-16(21)20-9-7-13(8-10-20)18-11-12-5-6-12/h1-4,12-13,18H,5-11H2,(H,19,21). The Labute approximate surface area is 130 Å². The van der Waals surface area contributed by atoms with Gasteiger partial charge in [0.05, 0.1) is 10.7 Å². The summed E-state index contributed by atoms with van der Waals surface area (Å²) in [5.74, 6) is 0.909. The Morgan fingerprint density at radius 1 is 1.19 bits per heavy atom. The summed E-state index contributed by atoms with van der Waals surface area (Å²) in [6.45, 7) is 2.76. The average molecular weight is 308 g/mol. The lowest BCUT2D eigenvalue weighted by atomic mass is 10.1. The highest BCUT2D eigenvalue weighted by Crippen LogP contribution is 2.28. The summed E-state index contributed by atoms with van der Waals surface area (Å²) < 4.78 is 0. The molecule has 0 bridgehead atoms. The number of carbonyl (C=O) groups excluding carboxylic acids is 1. The van der Waals surface area contributed by atoms with Gasteiger partial charge in [0, 0.05) is 19.1 Å². The van der Waals surface area contributed by atoms with Gasteiger partial charge in [-0.1, -0.05) is 23.7 Å². The number of benzene rings is 1. The van der Waals surface area contributed by atoms with E-state index in [4.69, 9.17) is 11.6 Å². The van der Waals surface area contributed by atoms with Crippen LogP contribution in [0.15, 0.2) is 24.3 Å². The number of hydrogen-bond donors (Lipinski definition) is 2. The number of para-hydroxylation sites is 1. The van der Waals surface area contributed by atoms with Crippen LogP contribution in [-0.4, -0.2) is 36.6 Å². The van der Waals surface area contributed by atoms with Crippen LogP contribution in [0.3, 0.4) is 0 Å². The molecular weight excluding hydrogens is 286 g/mol. The Kier molecular flexibility index (Phi) is 4.66. The Morgan fingerprint density at radius 3 is 2.57 bits per heavy atom. The van der Waals surface area contributed by atoms with Gasteiger partial charge in [0.15, 0.2) is 0 Å². The van der Waals surface area contributed by atoms with E-state index in [1.165, 1.54) is 12.8 Å². The number of hydrogen-bond acceptors (Lipinski definition) is 2. The number of anilines is 1. The van der Waals surface area contributed by atoms with Gasteiger partial charge < -0.3 is 15.5 Å². The molecule has 2 fully saturated rings. The lowest BCUT2D eigenvalue weighted by Gasteiger charge is -2.32. The Balaban J connectivity index is 1.45. The minimum absolute atomic E-state index is 0.0521. The lowest BCUT2D eigenvalue weighted by Crippen LogP contribution is -2.46. The van der Waals surface area contributed by atoms with Gasteiger partial charge in [0.25, 0.3) is 0 Å². The first-order valence-electron chi connectivity index (χ1n) is 7.76. The van der Waals surface area contributed by atoms with Gasteiger partial charge in [-0.05, 0) is 50.3 Å². The molecule has 2 N–H and O–H groups in total. The average Bonchev–Trinajstić information content (AvgIpc) is 3.32. The molecule has 0 unspecified atom stereocenters. The first kappa shape index (κ1) is 14.7. The third kappa shape index (κ3) is 4.11. The number of piperidine rings is 1. The van der Waals surface area contributed by atoms with Crippen LogP contribution in [0.5, 0.6) is 0 Å². The number of halogens is 1. The van der Waals surface area contributed by atoms with Gasteiger partial charge in [0.2, 0.25) is 0 Å². The predicted molar refractivity (Wildman–Crippen MR) is 85.8 cm³/mol. The molecule has 2 aliphatic rings. The van der Waals surface area contributed by atoms with E-state index in [1.54, 1.807) is 6.07 Å². The minimum atomic E-state index is -0.0521. The van der Waals surface area contributed by atoms with Crippen molar-refractivity contribution in [3.8, 4) is 0 Å². The summed E-state index contributed by atoms with van der Waals surface area (Å²) in [5.41, 5.74) is 0.679. The van der Waals surface area contributed by atoms with Crippen molar-refractivity contribution in [1.29, 1.82) is 0 Å². The minimum Gasteiger partial charge on any atom is -0.324 e. The molecule has 21 heavy (non-hydrogen) atoms. The van der Waals surface area contributed by atoms with Crippen molar-refractivity contribution in [3.63, 3.8) is 0 Å². The number of likely N-dealkylation sites (tertiary alicyclic amines) is 1. The highest BCUT2D eigenvalue weighted by Gasteiger charge is 2.26. The van der Waals surface area contributed by atoms with Crippen LogP contribution in [-0.2, 0) is 0 Å². The van der Waals surface area contributed by atoms with E-state index >= 15 is 0 Å². The number of carbonyl (C=O) groups is 1. The van der Waals surface area contributed by atoms with Crippen molar-refractivity contribution in [2.24, 2.45) is 5.92 Å². The Hall–Kier alpha value is -1.26. The van der Waals surface area contributed by atoms with Crippen LogP contribution < -0.4 is 10.6 Å². The van der Waals surface area contributed by atoms with E-state index in [0.717, 1.165) is 38.4 Å². The van der Waals surface area contributed by atoms with Gasteiger partial charge >= 0.3 is 6.03 Å². The molecule has 1 saturated heterocycles. The van der Waals surface area contributed by atoms with Crippen molar-refractivity contribution in [1.82, 2.24) is 10.2 Å². The SMILES string of the molecule is O=C(Nc1ccccc1Cl)N1CCC(NCC2CC2)CC1. The van der Waals surface area contributed by atoms with Gasteiger partial charge in [-0.3, -0.25) is 0 Å². The van der Waals surface area contributed by atoms with E-state index in [9.17, 15) is 4.79 Å². The first-order valence-corrected chi connectivity index (χ1v) is 8.14. The molecule has 114 valence electrons. The highest BCUT2D eigenvalue weighted by molar-refractivity contribution is 6.33. The van der Waals surface area contributed by atoms with Crippen LogP contribution in [0.2, 0.25) is 5.02 Å². The van der Waals surface area contributed by atoms with Gasteiger partial charge in [-0.2, -0.15) is 0 Å². The second-order valence-corrected chi connectivity index (χ2v) is 6.43. The number of amides is 2. The van der Waals surface area contributed by atoms with Crippen molar-refractivity contribution in [2.75, 3.05) is 25.0 Å². The van der Waals surface area contributed by atoms with Crippen molar-refractivity contribution in [2.45, 2.75) is 31.7 Å². The zero-order valence-corrected chi connectivity index (χ0v) is 12.9. The summed E-state index contributed by atoms with van der Waals surface area (Å²) in [5, 5.41) is 7.09. The third-order valence-corrected chi connectivity index (χ3v) is 4.62. The first-order chi connectivity index (χ1) is 10.2. The maximum absolute atomic E-state index is 12.2. The van der Waals surface area contributed by atoms with Crippen molar-refractivity contribution in [3.05, 3.63) is 29.3 Å². The van der Waals surface area contributed by atoms with Gasteiger partial charge in [-0.25, -0.2) is 4.79 Å². The molecule has 4 nitrogen and oxygen atoms in total. The number of nitrogens with zero attached hydrogens (tertiary/aromatic N) is 1. The fourth-order valence-corrected chi connectivity index (χ4v) is 2.88. The largest absolute Gasteiger partial charge is 0.324 e. The van der Waals surface area contributed by atoms with Crippen LogP contribution >= 0.6 is 11.6 Å². The normalized spacial score (nSPS) is 19.6. The van der Waals surface area contributed by atoms with Crippen LogP contribution in [0.4, 0.5) is 10.5 Å². The number of rotatable bonds is 4. The maximum Gasteiger partial charge on any atom is 0.321 e. The summed E-state index contributed by atoms with van der Waals surface area (Å²) in [4.78, 5) is 14.1. The zero-order chi connectivity index (χ0) is 14.7. The molecule has 2 amide bonds. The van der Waals surface area contributed by atoms with E-state index in [1.807, 2.05) is 23.1 Å². The molecule has 1 aromatic rings. The quantitative estimate of drug-likeness (QED) is 0.896. The van der Waals surface area contributed by atoms with Gasteiger partial charge in [0.1, 0.15) is 0 Å². The zero-order valence-electron chi connectivity index (χ0n) is 12.1. The Bertz CT molecular complexity index is 496. The molecule has 3 rings (SSSR count). The summed E-state index contributed by atoms with van der Waals surface area (Å²) in [6, 6.07) is 7.85. The van der Waals surface area contributed by atoms with Crippen molar-refractivity contribution < 1.29 is 4.79 Å². The molecule has 0 radical (unpaired) electrons. The molecular formula is C16H22ClN3O. The van der Waals surface area contributed by atoms with E-state index in [2.05, 4.69) is 10.6 Å². The molecule has 1 aromatic carbocycles. The van der Waals surface area contributed by atoms with Gasteiger partial charge in [-0.15, -0.1) is 0 Å². The molecule has 1 saturated carbocycles. The highest BCUT2D eigenvalue weighted by atomic mass is 35.5. The molecule has 1 aliphatic carbocycles. The predicted octanol–water partition coefficient (Wildman–Crippen LogP) is 3.34. The fraction of sp³-hybridized carbons (Fsp3) is 0.562. The monoisotopic (exact) mass is 307 g/mol. The molecule has 0 atom stereocenters. The van der Waals surface area contributed by atoms with E-state index in [-0.39, 0.29) is 6.03 Å². The van der Waals surface area contributed by atoms with Crippen LogP contribution in [0.25, 0.3) is 0 Å². The summed E-state index contributed by atoms with van der Waals surface area (Å²) in [7, 11) is 0. The second-order valence-electron chi connectivity index (χ2n) is 6.02. The van der Waals surface area contributed by atoms with Crippen LogP contribution in [0.1, 0.15) is 25.7 Å². The second kappa shape index (κ2) is 6.67. The lowest BCUT2D eigenvalue weighted by molar-refractivity contribution is 0.189. The van der Waals surface area contributed by atoms with Crippen LogP contribution in [0, 0.1) is 5.92 Å². The smallest absolute Gasteiger partial charge is 0.321 e. The summed E-state index contributed by atoms with van der Waals surface area (Å²) >= 11 is 6.06. The fourth-order valence-electron chi connectivity index (χ4n) is 2.70. The van der Waals surface area contributed by atoms with Crippen molar-refractivity contribution >= 4 is 23.3 Å². The molecule has 0 aromatic heterocycles. The topological polar surface area (TPSA) is 44.4 Å². The number of urea groups is 1. The number of nitrogens with one attached hydrogen (secondary N) is 2. The van der Waals surface area contributed by atoms with E-state index in [0.29, 0.717) is 16.8 Å². The molecule has 1 heterocycles. The maximum atomic E-state index is 12.2. The molecule has 1 aliphatic heterocycles. The Morgan fingerprint density at radius 2 is 1.90 bits per heavy atom. The van der Waals surface area contributed by atoms with E-state index < -0.39 is 0 Å². The summed E-state index contributed by atoms with van der Waals surface area (Å²) in [6.07, 6.45) is 4.82. The molecule has 0 spiro atoms. The third-order valence-electron chi connectivity index (χ3n) is 4.29. The molecule has 5 heteroatoms.